The maximum absolute atomic E-state index is 10.9. The fourth-order valence-electron chi connectivity index (χ4n) is 1.47. The summed E-state index contributed by atoms with van der Waals surface area (Å²) in [5, 5.41) is 8.99. The molecule has 90 valence electrons. The number of allylic oxidation sites excluding steroid dienone is 2. The molecule has 0 aliphatic rings. The van der Waals surface area contributed by atoms with Gasteiger partial charge in [-0.1, -0.05) is 61.9 Å². The van der Waals surface area contributed by atoms with E-state index in [4.69, 9.17) is 5.11 Å². The van der Waals surface area contributed by atoms with Gasteiger partial charge in [-0.2, -0.15) is 0 Å². The second-order valence-corrected chi connectivity index (χ2v) is 3.87. The number of carbonyl (C=O) groups is 1. The van der Waals surface area contributed by atoms with E-state index in [2.05, 4.69) is 6.92 Å². The fourth-order valence-corrected chi connectivity index (χ4v) is 1.47. The van der Waals surface area contributed by atoms with Crippen LogP contribution in [0.1, 0.15) is 31.7 Å². The zero-order chi connectivity index (χ0) is 12.5. The molecule has 0 bridgehead atoms. The first-order chi connectivity index (χ1) is 8.24. The van der Waals surface area contributed by atoms with E-state index in [-0.39, 0.29) is 0 Å². The molecule has 0 amide bonds. The predicted octanol–water partition coefficient (Wildman–Crippen LogP) is 3.90. The molecule has 0 aliphatic carbocycles. The summed E-state index contributed by atoms with van der Waals surface area (Å²) in [6.07, 6.45) is 7.95. The number of aliphatic carboxylic acids is 1. The van der Waals surface area contributed by atoms with Crippen molar-refractivity contribution in [3.63, 3.8) is 0 Å². The zero-order valence-corrected chi connectivity index (χ0v) is 10.1. The Morgan fingerprint density at radius 1 is 1.29 bits per heavy atom. The molecular formula is C15H18O2. The van der Waals surface area contributed by atoms with Gasteiger partial charge in [-0.05, 0) is 18.4 Å². The van der Waals surface area contributed by atoms with Crippen LogP contribution in [-0.2, 0) is 4.79 Å². The summed E-state index contributed by atoms with van der Waals surface area (Å²) < 4.78 is 0. The Morgan fingerprint density at radius 2 is 2.00 bits per heavy atom. The first-order valence-corrected chi connectivity index (χ1v) is 5.89. The van der Waals surface area contributed by atoms with Crippen LogP contribution in [0.4, 0.5) is 0 Å². The van der Waals surface area contributed by atoms with Crippen LogP contribution in [0.5, 0.6) is 0 Å². The normalized spacial score (nSPS) is 11.9. The highest BCUT2D eigenvalue weighted by molar-refractivity contribution is 5.87. The molecule has 0 atom stereocenters. The first-order valence-electron chi connectivity index (χ1n) is 5.89. The van der Waals surface area contributed by atoms with Crippen molar-refractivity contribution < 1.29 is 9.90 Å². The first kappa shape index (κ1) is 13.2. The number of carboxylic acid groups (broad SMARTS) is 1. The van der Waals surface area contributed by atoms with E-state index in [1.54, 1.807) is 12.2 Å². The highest BCUT2D eigenvalue weighted by Crippen LogP contribution is 2.09. The summed E-state index contributed by atoms with van der Waals surface area (Å²) in [6.45, 7) is 2.05. The largest absolute Gasteiger partial charge is 0.478 e. The zero-order valence-electron chi connectivity index (χ0n) is 10.1. The van der Waals surface area contributed by atoms with Gasteiger partial charge in [0.05, 0.1) is 0 Å². The fraction of sp³-hybridized carbons (Fsp3) is 0.267. The molecule has 1 aromatic carbocycles. The van der Waals surface area contributed by atoms with Gasteiger partial charge < -0.3 is 5.11 Å². The maximum Gasteiger partial charge on any atom is 0.331 e. The molecule has 0 saturated heterocycles. The lowest BCUT2D eigenvalue weighted by atomic mass is 10.1. The molecule has 2 nitrogen and oxygen atoms in total. The summed E-state index contributed by atoms with van der Waals surface area (Å²) in [5.41, 5.74) is 1.54. The van der Waals surface area contributed by atoms with Gasteiger partial charge in [0, 0.05) is 5.57 Å². The van der Waals surface area contributed by atoms with E-state index in [9.17, 15) is 4.79 Å². The van der Waals surface area contributed by atoms with Gasteiger partial charge in [0.25, 0.3) is 0 Å². The number of benzene rings is 1. The van der Waals surface area contributed by atoms with E-state index >= 15 is 0 Å². The van der Waals surface area contributed by atoms with Crippen molar-refractivity contribution in [1.29, 1.82) is 0 Å². The second kappa shape index (κ2) is 7.44. The molecule has 0 heterocycles. The number of unbranched alkanes of at least 4 members (excludes halogenated alkanes) is 1. The average molecular weight is 230 g/mol. The minimum atomic E-state index is -0.823. The van der Waals surface area contributed by atoms with Crippen LogP contribution in [0.15, 0.2) is 48.1 Å². The second-order valence-electron chi connectivity index (χ2n) is 3.87. The van der Waals surface area contributed by atoms with Crippen LogP contribution in [0.25, 0.3) is 6.08 Å². The van der Waals surface area contributed by atoms with Gasteiger partial charge in [-0.25, -0.2) is 4.79 Å². The van der Waals surface area contributed by atoms with Crippen LogP contribution in [0.2, 0.25) is 0 Å². The Hall–Kier alpha value is -1.83. The Kier molecular flexibility index (Phi) is 5.80. The molecule has 2 heteroatoms. The van der Waals surface area contributed by atoms with Gasteiger partial charge in [0.1, 0.15) is 0 Å². The molecule has 1 N–H and O–H groups in total. The Bertz CT molecular complexity index is 402. The number of hydrogen-bond acceptors (Lipinski definition) is 1. The molecule has 1 aromatic rings. The summed E-state index contributed by atoms with van der Waals surface area (Å²) in [5.74, 6) is -0.823. The molecule has 0 radical (unpaired) electrons. The van der Waals surface area contributed by atoms with Crippen molar-refractivity contribution in [2.75, 3.05) is 0 Å². The lowest BCUT2D eigenvalue weighted by Crippen LogP contribution is -1.99. The molecule has 0 aliphatic heterocycles. The third-order valence-corrected chi connectivity index (χ3v) is 2.46. The minimum absolute atomic E-state index is 0.471. The van der Waals surface area contributed by atoms with Crippen LogP contribution in [0.3, 0.4) is 0 Å². The number of rotatable bonds is 6. The van der Waals surface area contributed by atoms with Gasteiger partial charge in [0.15, 0.2) is 0 Å². The number of carboxylic acids is 1. The number of hydrogen-bond donors (Lipinski definition) is 1. The Labute approximate surface area is 102 Å². The lowest BCUT2D eigenvalue weighted by molar-refractivity contribution is -0.132. The van der Waals surface area contributed by atoms with E-state index in [0.717, 1.165) is 18.4 Å². The van der Waals surface area contributed by atoms with Crippen LogP contribution >= 0.6 is 0 Å². The highest BCUT2D eigenvalue weighted by atomic mass is 16.4. The van der Waals surface area contributed by atoms with Crippen molar-refractivity contribution in [1.82, 2.24) is 0 Å². The molecular weight excluding hydrogens is 212 g/mol. The van der Waals surface area contributed by atoms with Crippen molar-refractivity contribution in [3.8, 4) is 0 Å². The quantitative estimate of drug-likeness (QED) is 0.594. The van der Waals surface area contributed by atoms with Gasteiger partial charge in [-0.15, -0.1) is 0 Å². The van der Waals surface area contributed by atoms with Crippen LogP contribution < -0.4 is 0 Å². The third kappa shape index (κ3) is 5.16. The van der Waals surface area contributed by atoms with E-state index in [1.165, 1.54) is 0 Å². The maximum atomic E-state index is 10.9. The van der Waals surface area contributed by atoms with E-state index in [0.29, 0.717) is 12.0 Å². The third-order valence-electron chi connectivity index (χ3n) is 2.46. The predicted molar refractivity (Wildman–Crippen MR) is 70.7 cm³/mol. The lowest BCUT2D eigenvalue weighted by Gasteiger charge is -1.98. The smallest absolute Gasteiger partial charge is 0.331 e. The summed E-state index contributed by atoms with van der Waals surface area (Å²) in [6, 6.07) is 9.84. The summed E-state index contributed by atoms with van der Waals surface area (Å²) in [4.78, 5) is 10.9. The monoisotopic (exact) mass is 230 g/mol. The van der Waals surface area contributed by atoms with Gasteiger partial charge >= 0.3 is 5.97 Å². The SMILES string of the molecule is CCCC/C(=C\C=C\c1ccccc1)C(=O)O. The molecule has 17 heavy (non-hydrogen) atoms. The topological polar surface area (TPSA) is 37.3 Å². The highest BCUT2D eigenvalue weighted by Gasteiger charge is 2.04. The van der Waals surface area contributed by atoms with Gasteiger partial charge in [-0.3, -0.25) is 0 Å². The van der Waals surface area contributed by atoms with E-state index < -0.39 is 5.97 Å². The van der Waals surface area contributed by atoms with Crippen LogP contribution in [0, 0.1) is 0 Å². The van der Waals surface area contributed by atoms with Crippen molar-refractivity contribution in [2.24, 2.45) is 0 Å². The van der Waals surface area contributed by atoms with Crippen molar-refractivity contribution >= 4 is 12.0 Å². The van der Waals surface area contributed by atoms with Crippen molar-refractivity contribution in [2.45, 2.75) is 26.2 Å². The Morgan fingerprint density at radius 3 is 2.59 bits per heavy atom. The van der Waals surface area contributed by atoms with Gasteiger partial charge in [0.2, 0.25) is 0 Å². The molecule has 0 aromatic heterocycles. The van der Waals surface area contributed by atoms with Crippen LogP contribution in [-0.4, -0.2) is 11.1 Å². The average Bonchev–Trinajstić information content (AvgIpc) is 2.34. The molecule has 0 unspecified atom stereocenters. The molecule has 0 spiro atoms. The molecule has 1 rings (SSSR count). The Balaban J connectivity index is 2.66. The van der Waals surface area contributed by atoms with E-state index in [1.807, 2.05) is 36.4 Å². The molecule has 0 saturated carbocycles. The standard InChI is InChI=1S/C15H18O2/c1-2-3-11-14(15(16)17)12-7-10-13-8-5-4-6-9-13/h4-10,12H,2-3,11H2,1H3,(H,16,17)/b10-7+,14-12+. The summed E-state index contributed by atoms with van der Waals surface area (Å²) in [7, 11) is 0. The minimum Gasteiger partial charge on any atom is -0.478 e. The molecule has 0 fully saturated rings. The summed E-state index contributed by atoms with van der Waals surface area (Å²) >= 11 is 0. The van der Waals surface area contributed by atoms with Crippen molar-refractivity contribution in [3.05, 3.63) is 53.6 Å².